The van der Waals surface area contributed by atoms with Crippen LogP contribution in [0.25, 0.3) is 76.8 Å². The number of hydrogen-bond acceptors (Lipinski definition) is 2. The quantitative estimate of drug-likeness (QED) is 0.0995. The molecule has 2 nitrogen and oxygen atoms in total. The summed E-state index contributed by atoms with van der Waals surface area (Å²) in [6, 6.07) is 44.5. The van der Waals surface area contributed by atoms with Crippen LogP contribution in [0.15, 0.2) is 194 Å². The lowest BCUT2D eigenvalue weighted by molar-refractivity contribution is 0.588. The second kappa shape index (κ2) is 19.3. The Morgan fingerprint density at radius 3 is 0.833 bits per heavy atom. The fourth-order valence-corrected chi connectivity index (χ4v) is 10.7. The van der Waals surface area contributed by atoms with Crippen LogP contribution in [0.4, 0.5) is 78.0 Å². The molecule has 0 heterocycles. The van der Waals surface area contributed by atoms with E-state index < -0.39 is 80.4 Å². The first kappa shape index (κ1) is 49.5. The van der Waals surface area contributed by atoms with Crippen LogP contribution in [0.2, 0.25) is 0 Å². The fraction of sp³-hybridized carbons (Fsp3) is 0.0303. The van der Waals surface area contributed by atoms with Crippen molar-refractivity contribution in [3.63, 3.8) is 0 Å². The maximum Gasteiger partial charge on any atom is 0.147 e. The number of rotatable bonds is 10. The molecule has 12 heteroatoms. The Bertz CT molecular complexity index is 3900. The van der Waals surface area contributed by atoms with Crippen molar-refractivity contribution in [1.29, 1.82) is 0 Å². The summed E-state index contributed by atoms with van der Waals surface area (Å²) < 4.78 is 160. The van der Waals surface area contributed by atoms with Crippen molar-refractivity contribution in [3.05, 3.63) is 263 Å². The summed E-state index contributed by atoms with van der Waals surface area (Å²) >= 11 is 0. The molecule has 12 aromatic rings. The third-order valence-corrected chi connectivity index (χ3v) is 14.1. The molecule has 382 valence electrons. The minimum absolute atomic E-state index is 0.0220. The first-order valence-corrected chi connectivity index (χ1v) is 24.5. The Hall–Kier alpha value is -9.42. The number of benzene rings is 12. The Morgan fingerprint density at radius 2 is 0.538 bits per heavy atom. The van der Waals surface area contributed by atoms with E-state index in [4.69, 9.17) is 0 Å². The van der Waals surface area contributed by atoms with E-state index in [0.29, 0.717) is 54.8 Å². The number of halogens is 10. The van der Waals surface area contributed by atoms with Crippen molar-refractivity contribution in [2.45, 2.75) is 13.8 Å². The van der Waals surface area contributed by atoms with Gasteiger partial charge in [0.15, 0.2) is 0 Å². The molecule has 12 aromatic carbocycles. The summed E-state index contributed by atoms with van der Waals surface area (Å²) in [6.45, 7) is 3.50. The van der Waals surface area contributed by atoms with Crippen molar-refractivity contribution in [3.8, 4) is 44.5 Å². The number of nitrogens with zero attached hydrogens (tertiary/aromatic N) is 2. The molecule has 0 unspecified atom stereocenters. The van der Waals surface area contributed by atoms with Gasteiger partial charge >= 0.3 is 0 Å². The maximum atomic E-state index is 16.8. The third-order valence-electron chi connectivity index (χ3n) is 14.1. The molecule has 0 saturated carbocycles. The molecule has 0 aliphatic heterocycles. The molecular weight excluding hydrogens is 1010 g/mol. The van der Waals surface area contributed by atoms with Crippen molar-refractivity contribution in [1.82, 2.24) is 0 Å². The summed E-state index contributed by atoms with van der Waals surface area (Å²) in [7, 11) is 0. The summed E-state index contributed by atoms with van der Waals surface area (Å²) in [4.78, 5) is 3.04. The average Bonchev–Trinajstić information content (AvgIpc) is 3.61. The predicted molar refractivity (Wildman–Crippen MR) is 290 cm³/mol. The lowest BCUT2D eigenvalue weighted by Crippen LogP contribution is -2.14. The first-order valence-electron chi connectivity index (χ1n) is 24.5. The highest BCUT2D eigenvalue weighted by Gasteiger charge is 2.28. The average molecular weight is 1050 g/mol. The van der Waals surface area contributed by atoms with E-state index in [9.17, 15) is 0 Å². The Kier molecular flexibility index (Phi) is 12.2. The van der Waals surface area contributed by atoms with Crippen molar-refractivity contribution >= 4 is 66.4 Å². The fourth-order valence-electron chi connectivity index (χ4n) is 10.7. The van der Waals surface area contributed by atoms with E-state index in [-0.39, 0.29) is 45.0 Å². The molecule has 0 aromatic heterocycles. The van der Waals surface area contributed by atoms with Gasteiger partial charge in [0.25, 0.3) is 0 Å². The van der Waals surface area contributed by atoms with Gasteiger partial charge in [-0.25, -0.2) is 43.9 Å². The lowest BCUT2D eigenvalue weighted by Gasteiger charge is -2.30. The standard InChI is InChI=1S/C66H38F10N2/c1-35-15-23-47(67)59(27-35)77(43-31-39(63-49(69)7-3-8-50(63)70)29-40(32-43)64-51(71)9-4-10-52(64)72)57-25-19-37-18-22-46-58(26-20-38-17-21-45(57)61(37)62(38)46)78(60-28-36(2)16-24-48(60)68)44-33-41(65-53(73)11-5-12-54(65)74)30-42(34-44)66-55(75)13-6-14-56(66)76/h3-34H,1-2H3. The summed E-state index contributed by atoms with van der Waals surface area (Å²) in [5, 5.41) is 3.61. The molecule has 0 radical (unpaired) electrons. The van der Waals surface area contributed by atoms with Crippen LogP contribution in [0.3, 0.4) is 0 Å². The minimum atomic E-state index is -0.958. The first-order chi connectivity index (χ1) is 37.6. The molecule has 0 N–H and O–H groups in total. The van der Waals surface area contributed by atoms with E-state index in [2.05, 4.69) is 0 Å². The van der Waals surface area contributed by atoms with Crippen LogP contribution < -0.4 is 9.80 Å². The number of hydrogen-bond donors (Lipinski definition) is 0. The Labute approximate surface area is 440 Å². The molecule has 78 heavy (non-hydrogen) atoms. The normalized spacial score (nSPS) is 11.6. The van der Waals surface area contributed by atoms with Gasteiger partial charge in [-0.1, -0.05) is 72.8 Å². The van der Waals surface area contributed by atoms with Crippen molar-refractivity contribution in [2.24, 2.45) is 0 Å². The molecule has 0 bridgehead atoms. The zero-order chi connectivity index (χ0) is 54.3. The van der Waals surface area contributed by atoms with Gasteiger partial charge in [0.1, 0.15) is 58.2 Å². The topological polar surface area (TPSA) is 6.48 Å². The molecule has 12 rings (SSSR count). The highest BCUT2D eigenvalue weighted by atomic mass is 19.2. The van der Waals surface area contributed by atoms with Crippen LogP contribution in [0.5, 0.6) is 0 Å². The van der Waals surface area contributed by atoms with Gasteiger partial charge < -0.3 is 9.80 Å². The third kappa shape index (κ3) is 8.40. The SMILES string of the molecule is Cc1ccc(F)c(N(c2cc(-c3c(F)cccc3F)cc(-c3c(F)cccc3F)c2)c2ccc3ccc4c(N(c5cc(-c6c(F)cccc6F)cc(-c6c(F)cccc6F)c5)c5cc(C)ccc5F)ccc5ccc2c3c54)c1. The second-order valence-electron chi connectivity index (χ2n) is 19.1. The zero-order valence-corrected chi connectivity index (χ0v) is 41.1. The zero-order valence-electron chi connectivity index (χ0n) is 41.1. The molecule has 0 amide bonds. The van der Waals surface area contributed by atoms with Gasteiger partial charge in [-0.2, -0.15) is 0 Å². The minimum Gasteiger partial charge on any atom is -0.307 e. The molecule has 0 aliphatic carbocycles. The van der Waals surface area contributed by atoms with E-state index >= 15 is 43.9 Å². The molecular formula is C66H38F10N2. The maximum absolute atomic E-state index is 16.8. The van der Waals surface area contributed by atoms with Crippen LogP contribution >= 0.6 is 0 Å². The van der Waals surface area contributed by atoms with Gasteiger partial charge in [-0.15, -0.1) is 0 Å². The Morgan fingerprint density at radius 1 is 0.256 bits per heavy atom. The van der Waals surface area contributed by atoms with Gasteiger partial charge in [-0.3, -0.25) is 0 Å². The van der Waals surface area contributed by atoms with E-state index in [0.717, 1.165) is 48.5 Å². The summed E-state index contributed by atoms with van der Waals surface area (Å²) in [6.07, 6.45) is 0. The molecule has 0 saturated heterocycles. The highest BCUT2D eigenvalue weighted by Crippen LogP contribution is 2.51. The van der Waals surface area contributed by atoms with E-state index in [1.54, 1.807) is 62.4 Å². The van der Waals surface area contributed by atoms with Crippen LogP contribution in [-0.4, -0.2) is 0 Å². The lowest BCUT2D eigenvalue weighted by atomic mass is 9.91. The number of aryl methyl sites for hydroxylation is 2. The summed E-state index contributed by atoms with van der Waals surface area (Å²) in [5.41, 5.74) is -0.368. The van der Waals surface area contributed by atoms with Gasteiger partial charge in [-0.05, 0) is 190 Å². The largest absolute Gasteiger partial charge is 0.307 e. The van der Waals surface area contributed by atoms with Gasteiger partial charge in [0.05, 0.1) is 45.0 Å². The van der Waals surface area contributed by atoms with E-state index in [1.807, 2.05) is 24.3 Å². The smallest absolute Gasteiger partial charge is 0.147 e. The monoisotopic (exact) mass is 1050 g/mol. The van der Waals surface area contributed by atoms with Crippen LogP contribution in [0, 0.1) is 72.0 Å². The second-order valence-corrected chi connectivity index (χ2v) is 19.1. The molecule has 0 fully saturated rings. The van der Waals surface area contributed by atoms with Gasteiger partial charge in [0.2, 0.25) is 0 Å². The highest BCUT2D eigenvalue weighted by molar-refractivity contribution is 6.28. The molecule has 0 aliphatic rings. The predicted octanol–water partition coefficient (Wildman–Crippen LogP) is 20.2. The number of anilines is 6. The van der Waals surface area contributed by atoms with Crippen LogP contribution in [0.1, 0.15) is 11.1 Å². The van der Waals surface area contributed by atoms with Crippen molar-refractivity contribution < 1.29 is 43.9 Å². The molecule has 0 atom stereocenters. The summed E-state index contributed by atoms with van der Waals surface area (Å²) in [5.74, 6) is -9.09. The van der Waals surface area contributed by atoms with E-state index in [1.165, 1.54) is 82.6 Å². The Balaban J connectivity index is 1.15. The van der Waals surface area contributed by atoms with Crippen molar-refractivity contribution in [2.75, 3.05) is 9.80 Å². The van der Waals surface area contributed by atoms with Gasteiger partial charge in [0, 0.05) is 22.1 Å². The molecule has 0 spiro atoms. The van der Waals surface area contributed by atoms with Crippen LogP contribution in [-0.2, 0) is 0 Å².